The van der Waals surface area contributed by atoms with Crippen LogP contribution in [0.5, 0.6) is 0 Å². The van der Waals surface area contributed by atoms with Crippen molar-refractivity contribution in [3.8, 4) is 0 Å². The molecule has 0 aliphatic carbocycles. The molecule has 0 radical (unpaired) electrons. The zero-order valence-electron chi connectivity index (χ0n) is 7.62. The maximum Gasteiger partial charge on any atom is 0.0772 e. The van der Waals surface area contributed by atoms with Gasteiger partial charge in [-0.3, -0.25) is 4.98 Å². The summed E-state index contributed by atoms with van der Waals surface area (Å²) in [5.74, 6) is 0. The van der Waals surface area contributed by atoms with Crippen molar-refractivity contribution in [1.82, 2.24) is 4.98 Å². The van der Waals surface area contributed by atoms with Crippen LogP contribution < -0.4 is 10.6 Å². The van der Waals surface area contributed by atoms with E-state index in [0.717, 1.165) is 17.9 Å². The zero-order valence-corrected chi connectivity index (χ0v) is 7.62. The van der Waals surface area contributed by atoms with Gasteiger partial charge in [-0.2, -0.15) is 0 Å². The first-order valence-corrected chi connectivity index (χ1v) is 4.14. The summed E-state index contributed by atoms with van der Waals surface area (Å²) in [4.78, 5) is 6.33. The molecule has 0 atom stereocenters. The average molecular weight is 165 g/mol. The molecule has 0 aromatic carbocycles. The molecule has 0 aliphatic heterocycles. The number of pyridine rings is 1. The van der Waals surface area contributed by atoms with Crippen LogP contribution in [0.3, 0.4) is 0 Å². The molecule has 3 nitrogen and oxygen atoms in total. The molecule has 0 unspecified atom stereocenters. The quantitative estimate of drug-likeness (QED) is 0.726. The third-order valence-electron chi connectivity index (χ3n) is 1.95. The Balaban J connectivity index is 2.96. The van der Waals surface area contributed by atoms with Gasteiger partial charge in [0.2, 0.25) is 0 Å². The lowest BCUT2D eigenvalue weighted by molar-refractivity contribution is 0.912. The molecule has 1 aromatic heterocycles. The fourth-order valence-corrected chi connectivity index (χ4v) is 1.10. The first kappa shape index (κ1) is 9.00. The van der Waals surface area contributed by atoms with Crippen LogP contribution in [-0.2, 0) is 6.54 Å². The van der Waals surface area contributed by atoms with E-state index in [2.05, 4.69) is 16.8 Å². The van der Waals surface area contributed by atoms with Crippen molar-refractivity contribution in [3.63, 3.8) is 0 Å². The van der Waals surface area contributed by atoms with Gasteiger partial charge in [0.25, 0.3) is 0 Å². The highest BCUT2D eigenvalue weighted by Crippen LogP contribution is 2.15. The van der Waals surface area contributed by atoms with Crippen LogP contribution in [0.15, 0.2) is 18.3 Å². The molecule has 66 valence electrons. The Hall–Kier alpha value is -1.09. The van der Waals surface area contributed by atoms with Gasteiger partial charge in [-0.05, 0) is 19.1 Å². The van der Waals surface area contributed by atoms with Gasteiger partial charge in [-0.15, -0.1) is 0 Å². The highest BCUT2D eigenvalue weighted by molar-refractivity contribution is 5.49. The number of aromatic nitrogens is 1. The van der Waals surface area contributed by atoms with Crippen molar-refractivity contribution in [2.75, 3.05) is 18.5 Å². The summed E-state index contributed by atoms with van der Waals surface area (Å²) in [6.45, 7) is 3.58. The smallest absolute Gasteiger partial charge is 0.0772 e. The summed E-state index contributed by atoms with van der Waals surface area (Å²) in [6.07, 6.45) is 1.77. The van der Waals surface area contributed by atoms with Crippen molar-refractivity contribution >= 4 is 5.69 Å². The Morgan fingerprint density at radius 1 is 1.58 bits per heavy atom. The van der Waals surface area contributed by atoms with Crippen LogP contribution in [0.4, 0.5) is 5.69 Å². The summed E-state index contributed by atoms with van der Waals surface area (Å²) in [5, 5.41) is 0. The van der Waals surface area contributed by atoms with Gasteiger partial charge in [0.1, 0.15) is 0 Å². The maximum absolute atomic E-state index is 5.55. The highest BCUT2D eigenvalue weighted by Gasteiger charge is 2.03. The zero-order chi connectivity index (χ0) is 8.97. The van der Waals surface area contributed by atoms with E-state index in [1.165, 1.54) is 0 Å². The van der Waals surface area contributed by atoms with Crippen LogP contribution in [-0.4, -0.2) is 18.6 Å². The first-order chi connectivity index (χ1) is 5.79. The molecule has 0 saturated heterocycles. The Morgan fingerprint density at radius 3 is 2.92 bits per heavy atom. The van der Waals surface area contributed by atoms with Crippen LogP contribution in [0, 0.1) is 0 Å². The number of rotatable bonds is 3. The van der Waals surface area contributed by atoms with Crippen molar-refractivity contribution in [1.29, 1.82) is 0 Å². The number of anilines is 1. The third kappa shape index (κ3) is 1.74. The summed E-state index contributed by atoms with van der Waals surface area (Å²) < 4.78 is 0. The SMILES string of the molecule is CCN(C)c1cccnc1CN. The van der Waals surface area contributed by atoms with Gasteiger partial charge in [0.15, 0.2) is 0 Å². The van der Waals surface area contributed by atoms with E-state index in [-0.39, 0.29) is 0 Å². The third-order valence-corrected chi connectivity index (χ3v) is 1.95. The Kier molecular flexibility index (Phi) is 3.05. The van der Waals surface area contributed by atoms with E-state index < -0.39 is 0 Å². The molecule has 1 aromatic rings. The standard InChI is InChI=1S/C9H15N3/c1-3-12(2)9-5-4-6-11-8(9)7-10/h4-6H,3,7,10H2,1-2H3. The summed E-state index contributed by atoms with van der Waals surface area (Å²) >= 11 is 0. The van der Waals surface area contributed by atoms with Crippen LogP contribution in [0.2, 0.25) is 0 Å². The molecule has 0 amide bonds. The Labute approximate surface area is 73.2 Å². The van der Waals surface area contributed by atoms with E-state index in [1.807, 2.05) is 19.2 Å². The minimum atomic E-state index is 0.501. The van der Waals surface area contributed by atoms with Gasteiger partial charge in [0.05, 0.1) is 11.4 Å². The molecule has 0 spiro atoms. The van der Waals surface area contributed by atoms with E-state index >= 15 is 0 Å². The molecule has 0 aliphatic rings. The number of hydrogen-bond acceptors (Lipinski definition) is 3. The number of nitrogens with two attached hydrogens (primary N) is 1. The van der Waals surface area contributed by atoms with Crippen molar-refractivity contribution < 1.29 is 0 Å². The predicted octanol–water partition coefficient (Wildman–Crippen LogP) is 0.996. The monoisotopic (exact) mass is 165 g/mol. The Bertz CT molecular complexity index is 247. The van der Waals surface area contributed by atoms with Gasteiger partial charge in [-0.1, -0.05) is 0 Å². The minimum absolute atomic E-state index is 0.501. The lowest BCUT2D eigenvalue weighted by atomic mass is 10.2. The van der Waals surface area contributed by atoms with Crippen molar-refractivity contribution in [2.24, 2.45) is 5.73 Å². The summed E-state index contributed by atoms with van der Waals surface area (Å²) in [6, 6.07) is 3.97. The maximum atomic E-state index is 5.55. The molecule has 2 N–H and O–H groups in total. The van der Waals surface area contributed by atoms with Gasteiger partial charge in [-0.25, -0.2) is 0 Å². The molecule has 12 heavy (non-hydrogen) atoms. The normalized spacial score (nSPS) is 9.92. The van der Waals surface area contributed by atoms with E-state index in [1.54, 1.807) is 6.20 Å². The largest absolute Gasteiger partial charge is 0.373 e. The van der Waals surface area contributed by atoms with Crippen molar-refractivity contribution in [2.45, 2.75) is 13.5 Å². The fraction of sp³-hybridized carbons (Fsp3) is 0.444. The second kappa shape index (κ2) is 4.07. The average Bonchev–Trinajstić information content (AvgIpc) is 2.16. The predicted molar refractivity (Wildman–Crippen MR) is 51.1 cm³/mol. The molecule has 3 heteroatoms. The summed E-state index contributed by atoms with van der Waals surface area (Å²) in [7, 11) is 2.04. The molecule has 1 heterocycles. The number of hydrogen-bond donors (Lipinski definition) is 1. The van der Waals surface area contributed by atoms with Gasteiger partial charge >= 0.3 is 0 Å². The lowest BCUT2D eigenvalue weighted by Crippen LogP contribution is -2.19. The molecule has 0 fully saturated rings. The van der Waals surface area contributed by atoms with Crippen molar-refractivity contribution in [3.05, 3.63) is 24.0 Å². The molecule has 1 rings (SSSR count). The molecule has 0 saturated carbocycles. The van der Waals surface area contributed by atoms with E-state index in [4.69, 9.17) is 5.73 Å². The van der Waals surface area contributed by atoms with Gasteiger partial charge in [0, 0.05) is 26.3 Å². The van der Waals surface area contributed by atoms with Crippen LogP contribution >= 0.6 is 0 Å². The minimum Gasteiger partial charge on any atom is -0.373 e. The molecular weight excluding hydrogens is 150 g/mol. The van der Waals surface area contributed by atoms with Crippen LogP contribution in [0.1, 0.15) is 12.6 Å². The second-order valence-corrected chi connectivity index (χ2v) is 2.69. The fourth-order valence-electron chi connectivity index (χ4n) is 1.10. The topological polar surface area (TPSA) is 42.2 Å². The molecule has 0 bridgehead atoms. The number of nitrogens with zero attached hydrogens (tertiary/aromatic N) is 2. The van der Waals surface area contributed by atoms with Gasteiger partial charge < -0.3 is 10.6 Å². The highest BCUT2D eigenvalue weighted by atomic mass is 15.1. The second-order valence-electron chi connectivity index (χ2n) is 2.69. The molecular formula is C9H15N3. The lowest BCUT2D eigenvalue weighted by Gasteiger charge is -2.18. The first-order valence-electron chi connectivity index (χ1n) is 4.14. The Morgan fingerprint density at radius 2 is 2.33 bits per heavy atom. The van der Waals surface area contributed by atoms with E-state index in [9.17, 15) is 0 Å². The van der Waals surface area contributed by atoms with Crippen LogP contribution in [0.25, 0.3) is 0 Å². The summed E-state index contributed by atoms with van der Waals surface area (Å²) in [5.41, 5.74) is 7.64. The van der Waals surface area contributed by atoms with E-state index in [0.29, 0.717) is 6.54 Å².